The van der Waals surface area contributed by atoms with Crippen molar-refractivity contribution in [2.45, 2.75) is 103 Å². The van der Waals surface area contributed by atoms with Crippen LogP contribution < -0.4 is 0 Å². The highest BCUT2D eigenvalue weighted by molar-refractivity contribution is 7.10. The second-order valence-electron chi connectivity index (χ2n) is 10.5. The fraction of sp³-hybridized carbons (Fsp3) is 0.630. The van der Waals surface area contributed by atoms with E-state index < -0.39 is 0 Å². The Morgan fingerprint density at radius 2 is 1.81 bits per heavy atom. The zero-order valence-corrected chi connectivity index (χ0v) is 20.8. The summed E-state index contributed by atoms with van der Waals surface area (Å²) in [6.07, 6.45) is 7.38. The van der Waals surface area contributed by atoms with Gasteiger partial charge in [0.15, 0.2) is 0 Å². The highest BCUT2D eigenvalue weighted by Crippen LogP contribution is 2.47. The minimum Gasteiger partial charge on any atom is -0.396 e. The summed E-state index contributed by atoms with van der Waals surface area (Å²) in [5.41, 5.74) is 5.70. The summed E-state index contributed by atoms with van der Waals surface area (Å²) in [4.78, 5) is 16.8. The van der Waals surface area contributed by atoms with Gasteiger partial charge in [0.25, 0.3) is 0 Å². The zero-order chi connectivity index (χ0) is 22.6. The summed E-state index contributed by atoms with van der Waals surface area (Å²) in [5, 5.41) is 12.3. The Morgan fingerprint density at radius 1 is 1.10 bits per heavy atom. The number of aliphatic hydroxyl groups excluding tert-OH is 1. The van der Waals surface area contributed by atoms with Gasteiger partial charge in [-0.1, -0.05) is 53.2 Å². The Labute approximate surface area is 192 Å². The number of benzene rings is 1. The van der Waals surface area contributed by atoms with Crippen molar-refractivity contribution in [3.8, 4) is 11.3 Å². The van der Waals surface area contributed by atoms with Crippen molar-refractivity contribution in [2.75, 3.05) is 6.61 Å². The van der Waals surface area contributed by atoms with E-state index in [0.717, 1.165) is 31.4 Å². The van der Waals surface area contributed by atoms with Gasteiger partial charge in [-0.25, -0.2) is 4.98 Å². The Balaban J connectivity index is 1.80. The number of fused-ring (bicyclic) bond motifs is 1. The summed E-state index contributed by atoms with van der Waals surface area (Å²) < 4.78 is 0. The standard InChI is InChI=1S/C27H39NO2S/c1-6-8-19(9-7-10-21(30)13-16-29)25-28-24(18-31-25)20-11-12-22-23(17-20)27(4,5)15-14-26(22,2)3/h11-12,17-19,29H,6-10,13-16H2,1-5H3. The third kappa shape index (κ3) is 5.64. The van der Waals surface area contributed by atoms with E-state index in [1.165, 1.54) is 34.5 Å². The molecule has 1 atom stereocenters. The predicted octanol–water partition coefficient (Wildman–Crippen LogP) is 7.16. The van der Waals surface area contributed by atoms with Gasteiger partial charge in [-0.3, -0.25) is 4.79 Å². The molecular weight excluding hydrogens is 402 g/mol. The van der Waals surface area contributed by atoms with E-state index in [1.54, 1.807) is 11.3 Å². The maximum absolute atomic E-state index is 11.8. The van der Waals surface area contributed by atoms with Crippen molar-refractivity contribution >= 4 is 17.1 Å². The number of hydrogen-bond acceptors (Lipinski definition) is 4. The molecule has 3 rings (SSSR count). The highest BCUT2D eigenvalue weighted by atomic mass is 32.1. The molecule has 0 bridgehead atoms. The Morgan fingerprint density at radius 3 is 2.48 bits per heavy atom. The first-order chi connectivity index (χ1) is 14.7. The van der Waals surface area contributed by atoms with Crippen molar-refractivity contribution in [1.82, 2.24) is 4.98 Å². The summed E-state index contributed by atoms with van der Waals surface area (Å²) >= 11 is 1.76. The number of aliphatic hydroxyl groups is 1. The van der Waals surface area contributed by atoms with Crippen LogP contribution in [0.15, 0.2) is 23.6 Å². The van der Waals surface area contributed by atoms with E-state index in [2.05, 4.69) is 58.2 Å². The van der Waals surface area contributed by atoms with Crippen LogP contribution in [0, 0.1) is 0 Å². The quantitative estimate of drug-likeness (QED) is 0.425. The van der Waals surface area contributed by atoms with Gasteiger partial charge in [0.05, 0.1) is 10.7 Å². The molecule has 0 fully saturated rings. The topological polar surface area (TPSA) is 50.2 Å². The molecule has 31 heavy (non-hydrogen) atoms. The molecule has 4 heteroatoms. The van der Waals surface area contributed by atoms with E-state index in [1.807, 2.05) is 0 Å². The second kappa shape index (κ2) is 9.95. The predicted molar refractivity (Wildman–Crippen MR) is 131 cm³/mol. The van der Waals surface area contributed by atoms with E-state index in [9.17, 15) is 4.79 Å². The minimum absolute atomic E-state index is 0.0399. The number of Topliss-reactive ketones (excluding diaryl/α,β-unsaturated/α-hetero) is 1. The molecule has 3 nitrogen and oxygen atoms in total. The molecular formula is C27H39NO2S. The lowest BCUT2D eigenvalue weighted by molar-refractivity contribution is -0.119. The summed E-state index contributed by atoms with van der Waals surface area (Å²) in [7, 11) is 0. The largest absolute Gasteiger partial charge is 0.396 e. The first-order valence-corrected chi connectivity index (χ1v) is 12.8. The Hall–Kier alpha value is -1.52. The zero-order valence-electron chi connectivity index (χ0n) is 20.0. The number of aromatic nitrogens is 1. The first kappa shape index (κ1) is 24.1. The van der Waals surface area contributed by atoms with Crippen molar-refractivity contribution in [1.29, 1.82) is 0 Å². The number of carbonyl (C=O) groups is 1. The SMILES string of the molecule is CCCC(CCCC(=O)CCO)c1nc(-c2ccc3c(c2)C(C)(C)CCC3(C)C)cs1. The van der Waals surface area contributed by atoms with Gasteiger partial charge in [-0.15, -0.1) is 11.3 Å². The Kier molecular flexibility index (Phi) is 7.75. The van der Waals surface area contributed by atoms with Crippen molar-refractivity contribution < 1.29 is 9.90 Å². The molecule has 1 heterocycles. The number of carbonyl (C=O) groups excluding carboxylic acids is 1. The minimum atomic E-state index is -0.0399. The molecule has 0 saturated carbocycles. The van der Waals surface area contributed by atoms with Gasteiger partial charge in [0, 0.05) is 36.3 Å². The van der Waals surface area contributed by atoms with Crippen LogP contribution in [0.1, 0.15) is 108 Å². The average molecular weight is 442 g/mol. The van der Waals surface area contributed by atoms with Crippen LogP contribution in [0.4, 0.5) is 0 Å². The maximum atomic E-state index is 11.8. The van der Waals surface area contributed by atoms with Crippen molar-refractivity contribution in [2.24, 2.45) is 0 Å². The van der Waals surface area contributed by atoms with Gasteiger partial charge < -0.3 is 5.11 Å². The number of ketones is 1. The number of thiazole rings is 1. The summed E-state index contributed by atoms with van der Waals surface area (Å²) in [6.45, 7) is 11.6. The van der Waals surface area contributed by atoms with E-state index in [0.29, 0.717) is 12.3 Å². The van der Waals surface area contributed by atoms with Crippen molar-refractivity contribution in [3.63, 3.8) is 0 Å². The maximum Gasteiger partial charge on any atom is 0.135 e. The van der Waals surface area contributed by atoms with Crippen LogP contribution in [-0.2, 0) is 15.6 Å². The number of nitrogens with zero attached hydrogens (tertiary/aromatic N) is 1. The summed E-state index contributed by atoms with van der Waals surface area (Å²) in [5.74, 6) is 0.579. The third-order valence-electron chi connectivity index (χ3n) is 7.06. The molecule has 0 aliphatic heterocycles. The van der Waals surface area contributed by atoms with Gasteiger partial charge in [-0.05, 0) is 60.1 Å². The second-order valence-corrected chi connectivity index (χ2v) is 11.4. The fourth-order valence-electron chi connectivity index (χ4n) is 4.89. The normalized spacial score (nSPS) is 17.9. The van der Waals surface area contributed by atoms with Gasteiger partial charge in [0.2, 0.25) is 0 Å². The van der Waals surface area contributed by atoms with Crippen LogP contribution in [-0.4, -0.2) is 22.5 Å². The molecule has 1 aliphatic rings. The van der Waals surface area contributed by atoms with Gasteiger partial charge in [-0.2, -0.15) is 0 Å². The van der Waals surface area contributed by atoms with Crippen LogP contribution in [0.2, 0.25) is 0 Å². The monoisotopic (exact) mass is 441 g/mol. The number of rotatable bonds is 10. The molecule has 0 amide bonds. The molecule has 0 spiro atoms. The lowest BCUT2D eigenvalue weighted by Crippen LogP contribution is -2.33. The summed E-state index contributed by atoms with van der Waals surface area (Å²) in [6, 6.07) is 6.97. The molecule has 1 unspecified atom stereocenters. The van der Waals surface area contributed by atoms with Crippen LogP contribution in [0.3, 0.4) is 0 Å². The first-order valence-electron chi connectivity index (χ1n) is 11.9. The van der Waals surface area contributed by atoms with Crippen LogP contribution in [0.5, 0.6) is 0 Å². The molecule has 1 aromatic heterocycles. The third-order valence-corrected chi connectivity index (χ3v) is 8.06. The van der Waals surface area contributed by atoms with E-state index in [4.69, 9.17) is 10.1 Å². The Bertz CT molecular complexity index is 896. The van der Waals surface area contributed by atoms with Crippen LogP contribution in [0.25, 0.3) is 11.3 Å². The molecule has 0 saturated heterocycles. The lowest BCUT2D eigenvalue weighted by Gasteiger charge is -2.42. The van der Waals surface area contributed by atoms with Crippen molar-refractivity contribution in [3.05, 3.63) is 39.7 Å². The molecule has 1 aromatic carbocycles. The van der Waals surface area contributed by atoms with Gasteiger partial charge in [0.1, 0.15) is 5.78 Å². The van der Waals surface area contributed by atoms with Gasteiger partial charge >= 0.3 is 0 Å². The van der Waals surface area contributed by atoms with Crippen LogP contribution >= 0.6 is 11.3 Å². The average Bonchev–Trinajstić information content (AvgIpc) is 3.21. The van der Waals surface area contributed by atoms with E-state index >= 15 is 0 Å². The molecule has 0 radical (unpaired) electrons. The van der Waals surface area contributed by atoms with E-state index in [-0.39, 0.29) is 29.6 Å². The fourth-order valence-corrected chi connectivity index (χ4v) is 5.89. The lowest BCUT2D eigenvalue weighted by atomic mass is 9.63. The smallest absolute Gasteiger partial charge is 0.135 e. The molecule has 2 aromatic rings. The number of hydrogen-bond donors (Lipinski definition) is 1. The molecule has 1 N–H and O–H groups in total. The molecule has 1 aliphatic carbocycles. The molecule has 170 valence electrons. The highest BCUT2D eigenvalue weighted by Gasteiger charge is 2.37.